The summed E-state index contributed by atoms with van der Waals surface area (Å²) in [5.41, 5.74) is 7.47. The molecule has 1 aromatic carbocycles. The van der Waals surface area contributed by atoms with E-state index in [2.05, 4.69) is 11.8 Å². The Morgan fingerprint density at radius 3 is 2.75 bits per heavy atom. The number of carbonyl (C=O) groups is 1. The van der Waals surface area contributed by atoms with E-state index in [0.29, 0.717) is 13.1 Å². The first-order chi connectivity index (χ1) is 9.72. The van der Waals surface area contributed by atoms with Crippen molar-refractivity contribution in [1.82, 2.24) is 4.90 Å². The molecule has 0 aromatic heterocycles. The molecule has 1 aromatic rings. The van der Waals surface area contributed by atoms with E-state index in [1.807, 2.05) is 36.2 Å². The van der Waals surface area contributed by atoms with Gasteiger partial charge in [0.1, 0.15) is 0 Å². The summed E-state index contributed by atoms with van der Waals surface area (Å²) in [5, 5.41) is 0. The molecule has 1 fully saturated rings. The second-order valence-electron chi connectivity index (χ2n) is 5.34. The van der Waals surface area contributed by atoms with Gasteiger partial charge in [-0.2, -0.15) is 0 Å². The monoisotopic (exact) mass is 270 g/mol. The van der Waals surface area contributed by atoms with Crippen LogP contribution in [0.25, 0.3) is 0 Å². The Morgan fingerprint density at radius 2 is 2.05 bits per heavy atom. The summed E-state index contributed by atoms with van der Waals surface area (Å²) in [6.07, 6.45) is 4.45. The van der Waals surface area contributed by atoms with E-state index in [1.54, 1.807) is 0 Å². The van der Waals surface area contributed by atoms with Crippen LogP contribution in [0.15, 0.2) is 24.3 Å². The Hall–Kier alpha value is -1.79. The van der Waals surface area contributed by atoms with Gasteiger partial charge in [0, 0.05) is 25.1 Å². The molecule has 106 valence electrons. The predicted octanol–water partition coefficient (Wildman–Crippen LogP) is 2.15. The Kier molecular flexibility index (Phi) is 5.20. The first kappa shape index (κ1) is 14.6. The summed E-state index contributed by atoms with van der Waals surface area (Å²) < 4.78 is 0. The highest BCUT2D eigenvalue weighted by Gasteiger charge is 2.25. The van der Waals surface area contributed by atoms with Crippen LogP contribution in [-0.2, 0) is 11.3 Å². The zero-order valence-electron chi connectivity index (χ0n) is 12.1. The number of benzene rings is 1. The molecule has 0 atom stereocenters. The van der Waals surface area contributed by atoms with Crippen molar-refractivity contribution in [3.8, 4) is 11.8 Å². The third-order valence-electron chi connectivity index (χ3n) is 3.83. The van der Waals surface area contributed by atoms with Crippen molar-refractivity contribution in [3.63, 3.8) is 0 Å². The fourth-order valence-electron chi connectivity index (χ4n) is 2.74. The number of hydrogen-bond donors (Lipinski definition) is 1. The molecule has 20 heavy (non-hydrogen) atoms. The molecular weight excluding hydrogens is 248 g/mol. The van der Waals surface area contributed by atoms with Crippen LogP contribution in [-0.4, -0.2) is 24.4 Å². The molecule has 0 aliphatic heterocycles. The maximum absolute atomic E-state index is 12.3. The smallest absolute Gasteiger partial charge is 0.225 e. The molecule has 0 bridgehead atoms. The predicted molar refractivity (Wildman–Crippen MR) is 80.8 cm³/mol. The third kappa shape index (κ3) is 3.61. The van der Waals surface area contributed by atoms with Crippen molar-refractivity contribution < 1.29 is 4.79 Å². The molecular formula is C17H22N2O. The maximum Gasteiger partial charge on any atom is 0.225 e. The van der Waals surface area contributed by atoms with Gasteiger partial charge >= 0.3 is 0 Å². The van der Waals surface area contributed by atoms with E-state index in [4.69, 9.17) is 5.73 Å². The van der Waals surface area contributed by atoms with Crippen molar-refractivity contribution in [2.45, 2.75) is 32.2 Å². The highest BCUT2D eigenvalue weighted by atomic mass is 16.2. The van der Waals surface area contributed by atoms with Crippen LogP contribution in [0.4, 0.5) is 0 Å². The van der Waals surface area contributed by atoms with Crippen LogP contribution < -0.4 is 5.73 Å². The van der Waals surface area contributed by atoms with Gasteiger partial charge in [-0.1, -0.05) is 42.9 Å². The van der Waals surface area contributed by atoms with Gasteiger partial charge in [0.25, 0.3) is 0 Å². The van der Waals surface area contributed by atoms with Crippen molar-refractivity contribution in [2.75, 3.05) is 13.6 Å². The van der Waals surface area contributed by atoms with Crippen molar-refractivity contribution in [3.05, 3.63) is 35.4 Å². The zero-order valence-corrected chi connectivity index (χ0v) is 12.1. The molecule has 2 rings (SSSR count). The van der Waals surface area contributed by atoms with Crippen LogP contribution >= 0.6 is 0 Å². The van der Waals surface area contributed by atoms with Gasteiger partial charge in [-0.25, -0.2) is 0 Å². The average molecular weight is 270 g/mol. The number of nitrogens with zero attached hydrogens (tertiary/aromatic N) is 1. The van der Waals surface area contributed by atoms with Crippen molar-refractivity contribution >= 4 is 5.91 Å². The van der Waals surface area contributed by atoms with Crippen LogP contribution in [0.5, 0.6) is 0 Å². The van der Waals surface area contributed by atoms with E-state index in [9.17, 15) is 4.79 Å². The number of rotatable bonds is 3. The first-order valence-electron chi connectivity index (χ1n) is 7.24. The van der Waals surface area contributed by atoms with E-state index in [-0.39, 0.29) is 11.8 Å². The Balaban J connectivity index is 2.07. The van der Waals surface area contributed by atoms with Gasteiger partial charge in [0.15, 0.2) is 0 Å². The summed E-state index contributed by atoms with van der Waals surface area (Å²) in [6, 6.07) is 7.95. The van der Waals surface area contributed by atoms with E-state index in [1.165, 1.54) is 12.8 Å². The van der Waals surface area contributed by atoms with Gasteiger partial charge in [-0.05, 0) is 24.5 Å². The summed E-state index contributed by atoms with van der Waals surface area (Å²) in [6.45, 7) is 0.968. The fraction of sp³-hybridized carbons (Fsp3) is 0.471. The number of amides is 1. The van der Waals surface area contributed by atoms with E-state index >= 15 is 0 Å². The van der Waals surface area contributed by atoms with Crippen LogP contribution in [0, 0.1) is 17.8 Å². The first-order valence-corrected chi connectivity index (χ1v) is 7.24. The summed E-state index contributed by atoms with van der Waals surface area (Å²) in [5.74, 6) is 6.44. The molecule has 1 amide bonds. The third-order valence-corrected chi connectivity index (χ3v) is 3.83. The number of carbonyl (C=O) groups excluding carboxylic acids is 1. The van der Waals surface area contributed by atoms with Gasteiger partial charge in [0.2, 0.25) is 5.91 Å². The molecule has 3 nitrogen and oxygen atoms in total. The van der Waals surface area contributed by atoms with Crippen LogP contribution in [0.1, 0.15) is 36.8 Å². The number of hydrogen-bond acceptors (Lipinski definition) is 2. The summed E-state index contributed by atoms with van der Waals surface area (Å²) in [7, 11) is 1.88. The maximum atomic E-state index is 12.3. The fourth-order valence-corrected chi connectivity index (χ4v) is 2.74. The SMILES string of the molecule is CN(Cc1ccccc1C#CCN)C(=O)C1CCCC1. The van der Waals surface area contributed by atoms with Gasteiger partial charge < -0.3 is 10.6 Å². The minimum atomic E-state index is 0.224. The van der Waals surface area contributed by atoms with Gasteiger partial charge in [-0.3, -0.25) is 4.79 Å². The minimum Gasteiger partial charge on any atom is -0.341 e. The molecule has 0 unspecified atom stereocenters. The van der Waals surface area contributed by atoms with Crippen LogP contribution in [0.2, 0.25) is 0 Å². The lowest BCUT2D eigenvalue weighted by Crippen LogP contribution is -2.31. The largest absolute Gasteiger partial charge is 0.341 e. The molecule has 0 radical (unpaired) electrons. The molecule has 2 N–H and O–H groups in total. The topological polar surface area (TPSA) is 46.3 Å². The van der Waals surface area contributed by atoms with Crippen molar-refractivity contribution in [2.24, 2.45) is 11.7 Å². The normalized spacial score (nSPS) is 14.7. The molecule has 1 aliphatic rings. The Bertz CT molecular complexity index is 521. The molecule has 0 heterocycles. The summed E-state index contributed by atoms with van der Waals surface area (Å²) >= 11 is 0. The molecule has 3 heteroatoms. The van der Waals surface area contributed by atoms with Crippen molar-refractivity contribution in [1.29, 1.82) is 0 Å². The summed E-state index contributed by atoms with van der Waals surface area (Å²) in [4.78, 5) is 14.2. The lowest BCUT2D eigenvalue weighted by Gasteiger charge is -2.21. The molecule has 0 spiro atoms. The van der Waals surface area contributed by atoms with E-state index < -0.39 is 0 Å². The molecule has 1 aliphatic carbocycles. The lowest BCUT2D eigenvalue weighted by atomic mass is 10.0. The Morgan fingerprint density at radius 1 is 1.35 bits per heavy atom. The number of nitrogens with two attached hydrogens (primary N) is 1. The highest BCUT2D eigenvalue weighted by molar-refractivity contribution is 5.78. The second kappa shape index (κ2) is 7.12. The van der Waals surface area contributed by atoms with Gasteiger partial charge in [-0.15, -0.1) is 0 Å². The zero-order chi connectivity index (χ0) is 14.4. The lowest BCUT2D eigenvalue weighted by molar-refractivity contribution is -0.134. The second-order valence-corrected chi connectivity index (χ2v) is 5.34. The minimum absolute atomic E-state index is 0.224. The quantitative estimate of drug-likeness (QED) is 0.855. The van der Waals surface area contributed by atoms with E-state index in [0.717, 1.165) is 24.0 Å². The molecule has 0 saturated heterocycles. The Labute approximate surface area is 121 Å². The highest BCUT2D eigenvalue weighted by Crippen LogP contribution is 2.26. The van der Waals surface area contributed by atoms with Gasteiger partial charge in [0.05, 0.1) is 6.54 Å². The molecule has 1 saturated carbocycles. The van der Waals surface area contributed by atoms with Crippen LogP contribution in [0.3, 0.4) is 0 Å². The average Bonchev–Trinajstić information content (AvgIpc) is 2.99. The standard InChI is InChI=1S/C17H22N2O/c1-19(17(20)15-8-3-4-9-15)13-16-10-5-2-7-14(16)11-6-12-18/h2,5,7,10,15H,3-4,8-9,12-13,18H2,1H3.